The third-order valence-electron chi connectivity index (χ3n) is 11.5. The molecule has 4 aliphatic rings. The Morgan fingerprint density at radius 1 is 0.629 bits per heavy atom. The van der Waals surface area contributed by atoms with Crippen LogP contribution in [0.3, 0.4) is 0 Å². The van der Waals surface area contributed by atoms with Gasteiger partial charge in [0.2, 0.25) is 0 Å². The first-order valence-electron chi connectivity index (χ1n) is 16.9. The largest absolute Gasteiger partial charge is 0.0683 e. The van der Waals surface area contributed by atoms with Gasteiger partial charge in [-0.1, -0.05) is 114 Å². The minimum absolute atomic E-state index is 0.886. The minimum atomic E-state index is 0.886. The molecule has 0 amide bonds. The summed E-state index contributed by atoms with van der Waals surface area (Å²) >= 11 is 0. The molecule has 0 aliphatic heterocycles. The highest BCUT2D eigenvalue weighted by atomic mass is 14.6. The lowest BCUT2D eigenvalue weighted by Crippen LogP contribution is -2.51. The van der Waals surface area contributed by atoms with E-state index >= 15 is 0 Å². The van der Waals surface area contributed by atoms with Gasteiger partial charge in [0, 0.05) is 0 Å². The lowest BCUT2D eigenvalue weighted by molar-refractivity contribution is -0.0856. The van der Waals surface area contributed by atoms with E-state index in [1.54, 1.807) is 38.5 Å². The Morgan fingerprint density at radius 2 is 1.17 bits per heavy atom. The van der Waals surface area contributed by atoms with Gasteiger partial charge in [-0.25, -0.2) is 0 Å². The maximum Gasteiger partial charge on any atom is -0.0323 e. The summed E-state index contributed by atoms with van der Waals surface area (Å²) < 4.78 is 0. The minimum Gasteiger partial charge on any atom is -0.0683 e. The number of hydrogen-bond acceptors (Lipinski definition) is 0. The van der Waals surface area contributed by atoms with Crippen LogP contribution in [0.4, 0.5) is 0 Å². The van der Waals surface area contributed by atoms with Crippen LogP contribution in [0.5, 0.6) is 0 Å². The van der Waals surface area contributed by atoms with Crippen LogP contribution in [-0.4, -0.2) is 0 Å². The zero-order chi connectivity index (χ0) is 26.1. The molecule has 4 saturated carbocycles. The van der Waals surface area contributed by atoms with Crippen LogP contribution in [0.25, 0.3) is 0 Å². The van der Waals surface area contributed by atoms with Gasteiger partial charge in [0.1, 0.15) is 0 Å². The van der Waals surface area contributed by atoms with Crippen molar-refractivity contribution in [2.24, 2.45) is 71.0 Å². The zero-order valence-corrected chi connectivity index (χ0v) is 26.1. The van der Waals surface area contributed by atoms with E-state index in [9.17, 15) is 0 Å². The van der Waals surface area contributed by atoms with E-state index in [1.165, 1.54) is 44.9 Å². The average molecular weight is 489 g/mol. The van der Waals surface area contributed by atoms with Gasteiger partial charge < -0.3 is 0 Å². The third kappa shape index (κ3) is 7.11. The summed E-state index contributed by atoms with van der Waals surface area (Å²) in [6.45, 7) is 23.6. The molecule has 208 valence electrons. The van der Waals surface area contributed by atoms with Gasteiger partial charge in [0.05, 0.1) is 0 Å². The molecule has 0 nitrogen and oxygen atoms in total. The van der Waals surface area contributed by atoms with E-state index in [0.717, 1.165) is 71.0 Å². The van der Waals surface area contributed by atoms with Crippen molar-refractivity contribution in [1.82, 2.24) is 0 Å². The van der Waals surface area contributed by atoms with Gasteiger partial charge in [0.15, 0.2) is 0 Å². The average Bonchev–Trinajstić information content (AvgIpc) is 3.35. The first-order chi connectivity index (χ1) is 16.9. The molecule has 0 aromatic carbocycles. The molecule has 0 radical (unpaired) electrons. The van der Waals surface area contributed by atoms with E-state index in [2.05, 4.69) is 55.4 Å². The predicted molar refractivity (Wildman–Crippen MR) is 159 cm³/mol. The number of fused-ring (bicyclic) bond motifs is 1. The highest BCUT2D eigenvalue weighted by molar-refractivity contribution is 5.02. The van der Waals surface area contributed by atoms with Gasteiger partial charge in [0.25, 0.3) is 0 Å². The topological polar surface area (TPSA) is 0 Å². The molecule has 35 heavy (non-hydrogen) atoms. The molecule has 0 heterocycles. The molecule has 0 aromatic heterocycles. The summed E-state index contributed by atoms with van der Waals surface area (Å²) in [5, 5.41) is 0. The fourth-order valence-corrected chi connectivity index (χ4v) is 10.3. The van der Waals surface area contributed by atoms with Crippen LogP contribution in [0.2, 0.25) is 0 Å². The Hall–Kier alpha value is 0. The van der Waals surface area contributed by atoms with Crippen LogP contribution in [0.15, 0.2) is 0 Å². The quantitative estimate of drug-likeness (QED) is 0.361. The van der Waals surface area contributed by atoms with Crippen LogP contribution >= 0.6 is 0 Å². The molecule has 0 heteroatoms. The van der Waals surface area contributed by atoms with Crippen LogP contribution in [0.1, 0.15) is 153 Å². The third-order valence-corrected chi connectivity index (χ3v) is 11.5. The Morgan fingerprint density at radius 3 is 1.74 bits per heavy atom. The molecule has 4 rings (SSSR count). The molecule has 0 saturated heterocycles. The molecule has 0 N–H and O–H groups in total. The molecule has 4 aliphatic carbocycles. The van der Waals surface area contributed by atoms with Crippen molar-refractivity contribution in [3.05, 3.63) is 0 Å². The van der Waals surface area contributed by atoms with Crippen molar-refractivity contribution in [2.45, 2.75) is 153 Å². The fraction of sp³-hybridized carbons (Fsp3) is 1.00. The molecule has 11 unspecified atom stereocenters. The lowest BCUT2D eigenvalue weighted by atomic mass is 9.48. The maximum atomic E-state index is 2.61. The monoisotopic (exact) mass is 489 g/mol. The summed E-state index contributed by atoms with van der Waals surface area (Å²) in [5.74, 6) is 12.3. The summed E-state index contributed by atoms with van der Waals surface area (Å²) in [7, 11) is 0. The van der Waals surface area contributed by atoms with Crippen molar-refractivity contribution in [1.29, 1.82) is 0 Å². The second-order valence-electron chi connectivity index (χ2n) is 13.6. The summed E-state index contributed by atoms with van der Waals surface area (Å²) in [6, 6.07) is 0. The van der Waals surface area contributed by atoms with E-state index in [1.807, 2.05) is 13.8 Å². The normalized spacial score (nSPS) is 43.5. The van der Waals surface area contributed by atoms with Crippen molar-refractivity contribution in [2.75, 3.05) is 0 Å². The van der Waals surface area contributed by atoms with Crippen molar-refractivity contribution in [3.8, 4) is 0 Å². The van der Waals surface area contributed by atoms with Gasteiger partial charge in [-0.3, -0.25) is 0 Å². The SMILES string of the molecule is CC.CCC.CCC1C(CC)C(C2CCC(C3CCCC(C)C3C)C2)C2CCCCC2C1C(C)C. The summed E-state index contributed by atoms with van der Waals surface area (Å²) in [5.41, 5.74) is 0. The molecule has 0 bridgehead atoms. The van der Waals surface area contributed by atoms with Gasteiger partial charge in [-0.2, -0.15) is 0 Å². The molecule has 11 atom stereocenters. The standard InChI is InChI=1S/C30H54.C3H8.C2H6/c1-7-24-25(8-2)30(28-14-10-9-13-27(28)29(24)19(3)4)23-17-16-22(18-23)26-15-11-12-20(5)21(26)6;1-3-2;1-2/h19-30H,7-18H2,1-6H3;3H2,1-2H3;1-2H3. The predicted octanol–water partition coefficient (Wildman–Crippen LogP) is 11.7. The maximum absolute atomic E-state index is 2.61. The zero-order valence-electron chi connectivity index (χ0n) is 26.1. The van der Waals surface area contributed by atoms with E-state index in [0.29, 0.717) is 0 Å². The van der Waals surface area contributed by atoms with E-state index in [-0.39, 0.29) is 0 Å². The van der Waals surface area contributed by atoms with Crippen LogP contribution < -0.4 is 0 Å². The highest BCUT2D eigenvalue weighted by Gasteiger charge is 2.53. The van der Waals surface area contributed by atoms with Crippen LogP contribution in [0, 0.1) is 71.0 Å². The Bertz CT molecular complexity index is 540. The molecular weight excluding hydrogens is 420 g/mol. The van der Waals surface area contributed by atoms with Crippen molar-refractivity contribution in [3.63, 3.8) is 0 Å². The van der Waals surface area contributed by atoms with Gasteiger partial charge in [-0.15, -0.1) is 0 Å². The lowest BCUT2D eigenvalue weighted by Gasteiger charge is -2.57. The van der Waals surface area contributed by atoms with Crippen molar-refractivity contribution < 1.29 is 0 Å². The number of hydrogen-bond donors (Lipinski definition) is 0. The molecule has 0 aromatic rings. The summed E-state index contributed by atoms with van der Waals surface area (Å²) in [4.78, 5) is 0. The first kappa shape index (κ1) is 31.2. The van der Waals surface area contributed by atoms with Crippen LogP contribution in [-0.2, 0) is 0 Å². The Balaban J connectivity index is 0.000000803. The highest BCUT2D eigenvalue weighted by Crippen LogP contribution is 2.60. The smallest absolute Gasteiger partial charge is 0.0323 e. The second kappa shape index (κ2) is 15.4. The molecule has 4 fully saturated rings. The van der Waals surface area contributed by atoms with Gasteiger partial charge >= 0.3 is 0 Å². The molecule has 0 spiro atoms. The Kier molecular flexibility index (Phi) is 13.8. The van der Waals surface area contributed by atoms with Gasteiger partial charge in [-0.05, 0) is 110 Å². The van der Waals surface area contributed by atoms with E-state index < -0.39 is 0 Å². The molecular formula is C35H68. The first-order valence-corrected chi connectivity index (χ1v) is 16.9. The Labute approximate surface area is 223 Å². The summed E-state index contributed by atoms with van der Waals surface area (Å²) in [6.07, 6.45) is 19.6. The van der Waals surface area contributed by atoms with Crippen molar-refractivity contribution >= 4 is 0 Å². The number of rotatable bonds is 5. The van der Waals surface area contributed by atoms with E-state index in [4.69, 9.17) is 0 Å². The fourth-order valence-electron chi connectivity index (χ4n) is 10.3. The second-order valence-corrected chi connectivity index (χ2v) is 13.6.